The highest BCUT2D eigenvalue weighted by molar-refractivity contribution is 5.96. The number of hydrogen-bond donors (Lipinski definition) is 2. The summed E-state index contributed by atoms with van der Waals surface area (Å²) in [5.74, 6) is 0.300. The number of nitrogen functional groups attached to an aromatic ring is 1. The zero-order valence-electron chi connectivity index (χ0n) is 13.0. The molecular weight excluding hydrogens is 264 g/mol. The molecule has 1 aliphatic carbocycles. The summed E-state index contributed by atoms with van der Waals surface area (Å²) in [6.07, 6.45) is 6.22. The Labute approximate surface area is 127 Å². The number of nitrogens with two attached hydrogens (primary N) is 1. The largest absolute Gasteiger partial charge is 0.462 e. The Morgan fingerprint density at radius 3 is 2.86 bits per heavy atom. The number of benzene rings is 1. The normalized spacial score (nSPS) is 22.4. The van der Waals surface area contributed by atoms with Crippen LogP contribution < -0.4 is 11.1 Å². The molecule has 1 saturated carbocycles. The van der Waals surface area contributed by atoms with E-state index in [0.717, 1.165) is 12.1 Å². The van der Waals surface area contributed by atoms with Crippen LogP contribution in [0.15, 0.2) is 18.2 Å². The minimum Gasteiger partial charge on any atom is -0.462 e. The summed E-state index contributed by atoms with van der Waals surface area (Å²) in [6.45, 7) is 4.46. The molecule has 0 saturated heterocycles. The summed E-state index contributed by atoms with van der Waals surface area (Å²) < 4.78 is 5.13. The molecule has 116 valence electrons. The van der Waals surface area contributed by atoms with E-state index < -0.39 is 0 Å². The number of esters is 1. The summed E-state index contributed by atoms with van der Waals surface area (Å²) in [5, 5.41) is 3.55. The molecule has 0 bridgehead atoms. The average Bonchev–Trinajstić information content (AvgIpc) is 2.66. The highest BCUT2D eigenvalue weighted by Crippen LogP contribution is 2.28. The lowest BCUT2D eigenvalue weighted by molar-refractivity contribution is 0.0527. The van der Waals surface area contributed by atoms with Crippen LogP contribution in [0.25, 0.3) is 0 Å². The van der Waals surface area contributed by atoms with Gasteiger partial charge in [-0.3, -0.25) is 0 Å². The van der Waals surface area contributed by atoms with Gasteiger partial charge < -0.3 is 15.8 Å². The van der Waals surface area contributed by atoms with Gasteiger partial charge in [-0.15, -0.1) is 0 Å². The van der Waals surface area contributed by atoms with Crippen molar-refractivity contribution in [1.29, 1.82) is 0 Å². The predicted molar refractivity (Wildman–Crippen MR) is 86.5 cm³/mol. The van der Waals surface area contributed by atoms with Crippen LogP contribution in [0.2, 0.25) is 0 Å². The zero-order chi connectivity index (χ0) is 15.2. The van der Waals surface area contributed by atoms with E-state index in [-0.39, 0.29) is 5.97 Å². The fourth-order valence-corrected chi connectivity index (χ4v) is 2.97. The minimum atomic E-state index is -0.312. The third-order valence-corrected chi connectivity index (χ3v) is 4.24. The van der Waals surface area contributed by atoms with E-state index in [1.165, 1.54) is 25.7 Å². The maximum atomic E-state index is 12.1. The van der Waals surface area contributed by atoms with Gasteiger partial charge in [0.25, 0.3) is 0 Å². The molecule has 1 fully saturated rings. The Bertz CT molecular complexity index is 488. The molecule has 2 rings (SSSR count). The lowest BCUT2D eigenvalue weighted by atomic mass is 9.96. The molecule has 1 aliphatic rings. The summed E-state index contributed by atoms with van der Waals surface area (Å²) in [4.78, 5) is 12.1. The van der Waals surface area contributed by atoms with Gasteiger partial charge >= 0.3 is 5.97 Å². The lowest BCUT2D eigenvalue weighted by Crippen LogP contribution is -2.27. The minimum absolute atomic E-state index is 0.312. The lowest BCUT2D eigenvalue weighted by Gasteiger charge is -2.25. The highest BCUT2D eigenvalue weighted by Gasteiger charge is 2.22. The molecule has 1 aromatic rings. The second kappa shape index (κ2) is 7.34. The van der Waals surface area contributed by atoms with Crippen LogP contribution >= 0.6 is 0 Å². The van der Waals surface area contributed by atoms with Gasteiger partial charge in [-0.1, -0.05) is 26.2 Å². The summed E-state index contributed by atoms with van der Waals surface area (Å²) in [5.41, 5.74) is 7.76. The van der Waals surface area contributed by atoms with E-state index in [1.54, 1.807) is 6.07 Å². The van der Waals surface area contributed by atoms with Gasteiger partial charge in [-0.2, -0.15) is 0 Å². The molecule has 0 radical (unpaired) electrons. The van der Waals surface area contributed by atoms with Crippen molar-refractivity contribution in [3.63, 3.8) is 0 Å². The molecule has 4 heteroatoms. The number of ether oxygens (including phenoxy) is 1. The predicted octanol–water partition coefficient (Wildman–Crippen LogP) is 3.83. The van der Waals surface area contributed by atoms with Crippen molar-refractivity contribution in [1.82, 2.24) is 0 Å². The Morgan fingerprint density at radius 2 is 2.10 bits per heavy atom. The Balaban J connectivity index is 2.20. The van der Waals surface area contributed by atoms with Gasteiger partial charge in [0.15, 0.2) is 0 Å². The quantitative estimate of drug-likeness (QED) is 0.502. The van der Waals surface area contributed by atoms with Crippen LogP contribution in [-0.2, 0) is 4.74 Å². The fraction of sp³-hybridized carbons (Fsp3) is 0.588. The number of anilines is 2. The SMILES string of the molecule is CCOC(=O)c1cc(N)ccc1NC1CCCCCC1C. The van der Waals surface area contributed by atoms with Crippen molar-refractivity contribution in [2.24, 2.45) is 5.92 Å². The van der Waals surface area contributed by atoms with Gasteiger partial charge in [0.2, 0.25) is 0 Å². The first-order valence-electron chi connectivity index (χ1n) is 7.95. The molecule has 0 spiro atoms. The van der Waals surface area contributed by atoms with Crippen LogP contribution in [-0.4, -0.2) is 18.6 Å². The molecule has 2 unspecified atom stereocenters. The number of carbonyl (C=O) groups is 1. The average molecular weight is 290 g/mol. The van der Waals surface area contributed by atoms with Crippen LogP contribution in [0, 0.1) is 5.92 Å². The third kappa shape index (κ3) is 4.13. The topological polar surface area (TPSA) is 64.3 Å². The van der Waals surface area contributed by atoms with Gasteiger partial charge in [-0.05, 0) is 43.9 Å². The van der Waals surface area contributed by atoms with E-state index in [1.807, 2.05) is 19.1 Å². The van der Waals surface area contributed by atoms with Crippen molar-refractivity contribution in [3.8, 4) is 0 Å². The molecule has 0 heterocycles. The van der Waals surface area contributed by atoms with Crippen molar-refractivity contribution < 1.29 is 9.53 Å². The molecular formula is C17H26N2O2. The zero-order valence-corrected chi connectivity index (χ0v) is 13.0. The molecule has 2 atom stereocenters. The van der Waals surface area contributed by atoms with E-state index in [0.29, 0.717) is 29.8 Å². The van der Waals surface area contributed by atoms with Crippen LogP contribution in [0.4, 0.5) is 11.4 Å². The molecule has 4 nitrogen and oxygen atoms in total. The van der Waals surface area contributed by atoms with E-state index in [4.69, 9.17) is 10.5 Å². The number of carbonyl (C=O) groups excluding carboxylic acids is 1. The molecule has 3 N–H and O–H groups in total. The number of hydrogen-bond acceptors (Lipinski definition) is 4. The number of rotatable bonds is 4. The van der Waals surface area contributed by atoms with Gasteiger partial charge in [0.05, 0.1) is 12.2 Å². The van der Waals surface area contributed by atoms with Crippen LogP contribution in [0.1, 0.15) is 56.3 Å². The summed E-state index contributed by atoms with van der Waals surface area (Å²) >= 11 is 0. The van der Waals surface area contributed by atoms with Crippen LogP contribution in [0.3, 0.4) is 0 Å². The maximum absolute atomic E-state index is 12.1. The third-order valence-electron chi connectivity index (χ3n) is 4.24. The first kappa shape index (κ1) is 15.7. The van der Waals surface area contributed by atoms with Gasteiger partial charge in [-0.25, -0.2) is 4.79 Å². The van der Waals surface area contributed by atoms with Gasteiger partial charge in [0, 0.05) is 17.4 Å². The van der Waals surface area contributed by atoms with E-state index in [2.05, 4.69) is 12.2 Å². The summed E-state index contributed by atoms with van der Waals surface area (Å²) in [6, 6.07) is 5.82. The Kier molecular flexibility index (Phi) is 5.48. The van der Waals surface area contributed by atoms with Crippen LogP contribution in [0.5, 0.6) is 0 Å². The molecule has 0 aromatic heterocycles. The smallest absolute Gasteiger partial charge is 0.340 e. The summed E-state index contributed by atoms with van der Waals surface area (Å²) in [7, 11) is 0. The molecule has 1 aromatic carbocycles. The van der Waals surface area contributed by atoms with Gasteiger partial charge in [0.1, 0.15) is 0 Å². The highest BCUT2D eigenvalue weighted by atomic mass is 16.5. The molecule has 0 amide bonds. The Morgan fingerprint density at radius 1 is 1.33 bits per heavy atom. The maximum Gasteiger partial charge on any atom is 0.340 e. The number of nitrogens with one attached hydrogen (secondary N) is 1. The van der Waals surface area contributed by atoms with Crippen molar-refractivity contribution >= 4 is 17.3 Å². The van der Waals surface area contributed by atoms with Crippen molar-refractivity contribution in [3.05, 3.63) is 23.8 Å². The fourth-order valence-electron chi connectivity index (χ4n) is 2.97. The molecule has 21 heavy (non-hydrogen) atoms. The second-order valence-corrected chi connectivity index (χ2v) is 5.89. The van der Waals surface area contributed by atoms with Crippen molar-refractivity contribution in [2.45, 2.75) is 52.0 Å². The standard InChI is InChI=1S/C17H26N2O2/c1-3-21-17(20)14-11-13(18)9-10-16(14)19-15-8-6-4-5-7-12(15)2/h9-12,15,19H,3-8,18H2,1-2H3. The van der Waals surface area contributed by atoms with Crippen molar-refractivity contribution in [2.75, 3.05) is 17.7 Å². The Hall–Kier alpha value is -1.71. The van der Waals surface area contributed by atoms with E-state index in [9.17, 15) is 4.79 Å². The second-order valence-electron chi connectivity index (χ2n) is 5.89. The molecule has 0 aliphatic heterocycles. The van der Waals surface area contributed by atoms with E-state index >= 15 is 0 Å². The first-order valence-corrected chi connectivity index (χ1v) is 7.95. The first-order chi connectivity index (χ1) is 10.1. The monoisotopic (exact) mass is 290 g/mol.